The van der Waals surface area contributed by atoms with Crippen molar-refractivity contribution in [1.82, 2.24) is 10.2 Å². The van der Waals surface area contributed by atoms with Crippen molar-refractivity contribution < 1.29 is 14.3 Å². The lowest BCUT2D eigenvalue weighted by Crippen LogP contribution is -2.43. The van der Waals surface area contributed by atoms with Crippen LogP contribution in [-0.4, -0.2) is 57.8 Å². The molecule has 3 atom stereocenters. The second-order valence-corrected chi connectivity index (χ2v) is 11.9. The molecule has 2 aliphatic carbocycles. The highest BCUT2D eigenvalue weighted by atomic mass is 16.5. The monoisotopic (exact) mass is 522 g/mol. The SMILES string of the molecule is CNC[C@@H](CC(=O)N1CCC[C@@H]([C@@H](OCCCOC)c2ccccc2C#CC2CC2)C1)CC1CCCCC1. The van der Waals surface area contributed by atoms with E-state index in [1.54, 1.807) is 7.11 Å². The Kier molecular flexibility index (Phi) is 12.0. The number of ether oxygens (including phenoxy) is 2. The molecule has 1 N–H and O–H groups in total. The summed E-state index contributed by atoms with van der Waals surface area (Å²) in [6.45, 7) is 3.91. The van der Waals surface area contributed by atoms with E-state index in [2.05, 4.69) is 46.3 Å². The summed E-state index contributed by atoms with van der Waals surface area (Å²) in [6, 6.07) is 8.50. The van der Waals surface area contributed by atoms with E-state index in [1.165, 1.54) is 56.9 Å². The number of rotatable bonds is 13. The van der Waals surface area contributed by atoms with Gasteiger partial charge in [-0.15, -0.1) is 0 Å². The molecule has 1 aliphatic heterocycles. The molecule has 0 radical (unpaired) electrons. The first-order chi connectivity index (χ1) is 18.7. The Morgan fingerprint density at radius 1 is 1.08 bits per heavy atom. The van der Waals surface area contributed by atoms with Gasteiger partial charge in [0.15, 0.2) is 0 Å². The Hall–Kier alpha value is -1.87. The normalized spacial score (nSPS) is 21.9. The molecule has 0 unspecified atom stereocenters. The lowest BCUT2D eigenvalue weighted by molar-refractivity contribution is -0.135. The van der Waals surface area contributed by atoms with Crippen molar-refractivity contribution in [2.75, 3.05) is 47.0 Å². The van der Waals surface area contributed by atoms with Gasteiger partial charge in [0, 0.05) is 57.2 Å². The van der Waals surface area contributed by atoms with Crippen molar-refractivity contribution >= 4 is 5.91 Å². The Morgan fingerprint density at radius 3 is 2.66 bits per heavy atom. The third kappa shape index (κ3) is 9.11. The number of piperidine rings is 1. The highest BCUT2D eigenvalue weighted by Crippen LogP contribution is 2.36. The van der Waals surface area contributed by atoms with E-state index < -0.39 is 0 Å². The van der Waals surface area contributed by atoms with E-state index >= 15 is 0 Å². The third-order valence-corrected chi connectivity index (χ3v) is 8.63. The molecule has 0 spiro atoms. The topological polar surface area (TPSA) is 50.8 Å². The Morgan fingerprint density at radius 2 is 1.89 bits per heavy atom. The number of likely N-dealkylation sites (tertiary alicyclic amines) is 1. The molecule has 5 nitrogen and oxygen atoms in total. The van der Waals surface area contributed by atoms with E-state index in [0.717, 1.165) is 50.4 Å². The maximum absolute atomic E-state index is 13.6. The van der Waals surface area contributed by atoms with Gasteiger partial charge >= 0.3 is 0 Å². The standard InChI is InChI=1S/C33H50N2O3/c1-34-24-28(22-27-10-4-3-5-11-27)23-32(36)35-19-8-13-30(25-35)33(38-21-9-20-37-2)31-14-7-6-12-29(31)18-17-26-15-16-26/h6-7,12,14,26-28,30,33-34H,3-5,8-11,13,15-16,19-25H2,1-2H3/t28-,30-,33-/m1/s1. The second kappa shape index (κ2) is 15.7. The van der Waals surface area contributed by atoms with Crippen LogP contribution in [0.1, 0.15) is 94.3 Å². The van der Waals surface area contributed by atoms with Crippen molar-refractivity contribution in [3.63, 3.8) is 0 Å². The Bertz CT molecular complexity index is 912. The molecule has 1 saturated heterocycles. The zero-order valence-corrected chi connectivity index (χ0v) is 23.9. The summed E-state index contributed by atoms with van der Waals surface area (Å²) in [5.74, 6) is 9.30. The summed E-state index contributed by atoms with van der Waals surface area (Å²) in [5.41, 5.74) is 2.27. The number of benzene rings is 1. The summed E-state index contributed by atoms with van der Waals surface area (Å²) in [5, 5.41) is 3.36. The van der Waals surface area contributed by atoms with Gasteiger partial charge in [0.05, 0.1) is 6.10 Å². The van der Waals surface area contributed by atoms with E-state index in [1.807, 2.05) is 7.05 Å². The van der Waals surface area contributed by atoms with Crippen LogP contribution in [-0.2, 0) is 14.3 Å². The summed E-state index contributed by atoms with van der Waals surface area (Å²) in [7, 11) is 3.75. The van der Waals surface area contributed by atoms with E-state index in [-0.39, 0.29) is 12.0 Å². The molecule has 1 aromatic carbocycles. The number of hydrogen-bond acceptors (Lipinski definition) is 4. The quantitative estimate of drug-likeness (QED) is 0.256. The zero-order chi connectivity index (χ0) is 26.6. The van der Waals surface area contributed by atoms with Gasteiger partial charge in [0.25, 0.3) is 0 Å². The van der Waals surface area contributed by atoms with Gasteiger partial charge in [0.1, 0.15) is 0 Å². The van der Waals surface area contributed by atoms with Gasteiger partial charge in [-0.05, 0) is 75.6 Å². The van der Waals surface area contributed by atoms with Gasteiger partial charge in [-0.1, -0.05) is 62.1 Å². The van der Waals surface area contributed by atoms with Crippen LogP contribution < -0.4 is 5.32 Å². The van der Waals surface area contributed by atoms with Gasteiger partial charge in [-0.25, -0.2) is 0 Å². The predicted molar refractivity (Wildman–Crippen MR) is 154 cm³/mol. The Balaban J connectivity index is 1.43. The fraction of sp³-hybridized carbons (Fsp3) is 0.727. The van der Waals surface area contributed by atoms with Gasteiger partial charge < -0.3 is 19.7 Å². The number of carbonyl (C=O) groups excluding carboxylic acids is 1. The summed E-state index contributed by atoms with van der Waals surface area (Å²) < 4.78 is 11.9. The lowest BCUT2D eigenvalue weighted by Gasteiger charge is -2.38. The highest BCUT2D eigenvalue weighted by molar-refractivity contribution is 5.76. The van der Waals surface area contributed by atoms with Crippen LogP contribution in [0.3, 0.4) is 0 Å². The summed E-state index contributed by atoms with van der Waals surface area (Å²) in [4.78, 5) is 15.7. The third-order valence-electron chi connectivity index (χ3n) is 8.63. The Labute approximate surface area is 231 Å². The maximum atomic E-state index is 13.6. The lowest BCUT2D eigenvalue weighted by atomic mass is 9.81. The molecule has 5 heteroatoms. The van der Waals surface area contributed by atoms with Gasteiger partial charge in [0.2, 0.25) is 5.91 Å². The van der Waals surface area contributed by atoms with Crippen molar-refractivity contribution in [3.05, 3.63) is 35.4 Å². The van der Waals surface area contributed by atoms with Crippen LogP contribution in [0, 0.1) is 35.5 Å². The second-order valence-electron chi connectivity index (χ2n) is 11.9. The molecule has 4 rings (SSSR count). The minimum absolute atomic E-state index is 0.0532. The van der Waals surface area contributed by atoms with Crippen molar-refractivity contribution in [2.45, 2.75) is 83.2 Å². The van der Waals surface area contributed by atoms with Gasteiger partial charge in [-0.2, -0.15) is 0 Å². The molecule has 3 fully saturated rings. The molecular weight excluding hydrogens is 472 g/mol. The molecular formula is C33H50N2O3. The van der Waals surface area contributed by atoms with Crippen LogP contribution in [0.2, 0.25) is 0 Å². The predicted octanol–water partition coefficient (Wildman–Crippen LogP) is 5.98. The zero-order valence-electron chi connectivity index (χ0n) is 23.9. The maximum Gasteiger partial charge on any atom is 0.222 e. The van der Waals surface area contributed by atoms with E-state index in [4.69, 9.17) is 9.47 Å². The summed E-state index contributed by atoms with van der Waals surface area (Å²) in [6.07, 6.45) is 14.0. The molecule has 1 heterocycles. The summed E-state index contributed by atoms with van der Waals surface area (Å²) >= 11 is 0. The van der Waals surface area contributed by atoms with Gasteiger partial charge in [-0.3, -0.25) is 4.79 Å². The highest BCUT2D eigenvalue weighted by Gasteiger charge is 2.33. The first-order valence-electron chi connectivity index (χ1n) is 15.3. The minimum Gasteiger partial charge on any atom is -0.385 e. The van der Waals surface area contributed by atoms with Crippen LogP contribution in [0.4, 0.5) is 0 Å². The minimum atomic E-state index is -0.0532. The largest absolute Gasteiger partial charge is 0.385 e. The van der Waals surface area contributed by atoms with Crippen LogP contribution >= 0.6 is 0 Å². The molecule has 2 saturated carbocycles. The van der Waals surface area contributed by atoms with Crippen molar-refractivity contribution in [1.29, 1.82) is 0 Å². The molecule has 0 aromatic heterocycles. The molecule has 0 bridgehead atoms. The number of carbonyl (C=O) groups is 1. The molecule has 1 amide bonds. The molecule has 1 aromatic rings. The number of nitrogens with one attached hydrogen (secondary N) is 1. The van der Waals surface area contributed by atoms with E-state index in [9.17, 15) is 4.79 Å². The number of amides is 1. The average Bonchev–Trinajstić information content (AvgIpc) is 3.78. The smallest absolute Gasteiger partial charge is 0.222 e. The van der Waals surface area contributed by atoms with Crippen molar-refractivity contribution in [3.8, 4) is 11.8 Å². The average molecular weight is 523 g/mol. The number of methoxy groups -OCH3 is 1. The van der Waals surface area contributed by atoms with E-state index in [0.29, 0.717) is 37.4 Å². The first kappa shape index (κ1) is 29.1. The van der Waals surface area contributed by atoms with Crippen molar-refractivity contribution in [2.24, 2.45) is 23.7 Å². The number of nitrogens with zero attached hydrogens (tertiary/aromatic N) is 1. The van der Waals surface area contributed by atoms with Crippen LogP contribution in [0.15, 0.2) is 24.3 Å². The number of hydrogen-bond donors (Lipinski definition) is 1. The molecule has 210 valence electrons. The van der Waals surface area contributed by atoms with Crippen LogP contribution in [0.25, 0.3) is 0 Å². The van der Waals surface area contributed by atoms with Crippen LogP contribution in [0.5, 0.6) is 0 Å². The fourth-order valence-electron chi connectivity index (χ4n) is 6.44. The fourth-order valence-corrected chi connectivity index (χ4v) is 6.44. The first-order valence-corrected chi connectivity index (χ1v) is 15.3. The molecule has 3 aliphatic rings. The molecule has 38 heavy (non-hydrogen) atoms.